The van der Waals surface area contributed by atoms with Crippen LogP contribution < -0.4 is 10.6 Å². The third-order valence-corrected chi connectivity index (χ3v) is 4.30. The van der Waals surface area contributed by atoms with Gasteiger partial charge in [0.1, 0.15) is 12.4 Å². The number of hydrogen-bond acceptors (Lipinski definition) is 6. The van der Waals surface area contributed by atoms with Crippen LogP contribution in [-0.2, 0) is 4.79 Å². The number of aromatic nitrogens is 2. The summed E-state index contributed by atoms with van der Waals surface area (Å²) in [4.78, 5) is 20.7. The van der Waals surface area contributed by atoms with Crippen LogP contribution in [-0.4, -0.2) is 33.8 Å². The Balaban J connectivity index is 1.86. The summed E-state index contributed by atoms with van der Waals surface area (Å²) in [7, 11) is 0. The Kier molecular flexibility index (Phi) is 4.66. The van der Waals surface area contributed by atoms with E-state index in [1.807, 2.05) is 36.6 Å². The largest absolute Gasteiger partial charge is 0.480 e. The molecular formula is C16H18N4O2S. The van der Waals surface area contributed by atoms with Crippen LogP contribution in [0.15, 0.2) is 35.2 Å². The van der Waals surface area contributed by atoms with E-state index in [2.05, 4.69) is 20.6 Å². The molecule has 1 aromatic carbocycles. The summed E-state index contributed by atoms with van der Waals surface area (Å²) in [5, 5.41) is 14.9. The smallest absolute Gasteiger partial charge is 0.322 e. The first-order valence-corrected chi connectivity index (χ1v) is 8.63. The van der Waals surface area contributed by atoms with E-state index in [1.54, 1.807) is 11.8 Å². The number of thioether (sulfide) groups is 1. The van der Waals surface area contributed by atoms with E-state index >= 15 is 0 Å². The second-order valence-corrected chi connectivity index (χ2v) is 6.20. The summed E-state index contributed by atoms with van der Waals surface area (Å²) in [6.07, 6.45) is 4.27. The number of anilines is 3. The first-order chi connectivity index (χ1) is 11.2. The number of nitrogens with one attached hydrogen (secondary N) is 2. The Morgan fingerprint density at radius 2 is 2.13 bits per heavy atom. The second-order valence-electron chi connectivity index (χ2n) is 5.35. The van der Waals surface area contributed by atoms with Crippen molar-refractivity contribution < 1.29 is 9.90 Å². The third kappa shape index (κ3) is 4.13. The van der Waals surface area contributed by atoms with E-state index < -0.39 is 5.97 Å². The maximum Gasteiger partial charge on any atom is 0.322 e. The molecule has 23 heavy (non-hydrogen) atoms. The van der Waals surface area contributed by atoms with E-state index in [0.29, 0.717) is 17.7 Å². The fourth-order valence-electron chi connectivity index (χ4n) is 2.24. The molecule has 3 N–H and O–H groups in total. The van der Waals surface area contributed by atoms with Gasteiger partial charge < -0.3 is 15.7 Å². The zero-order valence-electron chi connectivity index (χ0n) is 12.7. The van der Waals surface area contributed by atoms with Crippen LogP contribution in [0.25, 0.3) is 0 Å². The van der Waals surface area contributed by atoms with Crippen LogP contribution in [0.3, 0.4) is 0 Å². The Morgan fingerprint density at radius 3 is 2.83 bits per heavy atom. The highest BCUT2D eigenvalue weighted by Gasteiger charge is 2.26. The van der Waals surface area contributed by atoms with Crippen molar-refractivity contribution in [1.82, 2.24) is 9.97 Å². The van der Waals surface area contributed by atoms with Crippen molar-refractivity contribution in [3.05, 3.63) is 36.0 Å². The van der Waals surface area contributed by atoms with Crippen LogP contribution in [0.5, 0.6) is 0 Å². The number of carboxylic acid groups (broad SMARTS) is 1. The molecule has 1 aromatic heterocycles. The molecule has 0 amide bonds. The lowest BCUT2D eigenvalue weighted by atomic mass is 10.2. The molecule has 1 fully saturated rings. The molecule has 7 heteroatoms. The summed E-state index contributed by atoms with van der Waals surface area (Å²) in [6.45, 7) is -0.199. The van der Waals surface area contributed by atoms with Gasteiger partial charge in [-0.15, -0.1) is 11.8 Å². The van der Waals surface area contributed by atoms with Crippen molar-refractivity contribution in [3.8, 4) is 0 Å². The van der Waals surface area contributed by atoms with Gasteiger partial charge in [0.05, 0.1) is 11.4 Å². The van der Waals surface area contributed by atoms with Crippen molar-refractivity contribution in [1.29, 1.82) is 0 Å². The normalized spacial score (nSPS) is 13.6. The van der Waals surface area contributed by atoms with Gasteiger partial charge in [-0.05, 0) is 31.2 Å². The van der Waals surface area contributed by atoms with E-state index in [-0.39, 0.29) is 6.54 Å². The first-order valence-electron chi connectivity index (χ1n) is 7.40. The topological polar surface area (TPSA) is 87.1 Å². The molecule has 0 saturated heterocycles. The van der Waals surface area contributed by atoms with E-state index in [0.717, 1.165) is 29.1 Å². The van der Waals surface area contributed by atoms with Gasteiger partial charge in [0, 0.05) is 16.9 Å². The molecule has 6 nitrogen and oxygen atoms in total. The number of aliphatic carboxylic acids is 1. The third-order valence-electron chi connectivity index (χ3n) is 3.51. The summed E-state index contributed by atoms with van der Waals surface area (Å²) >= 11 is 1.66. The molecule has 1 aliphatic carbocycles. The zero-order chi connectivity index (χ0) is 16.2. The van der Waals surface area contributed by atoms with Gasteiger partial charge in [-0.2, -0.15) is 4.98 Å². The Bertz CT molecular complexity index is 719. The molecule has 2 aromatic rings. The molecule has 120 valence electrons. The van der Waals surface area contributed by atoms with Crippen molar-refractivity contribution in [3.63, 3.8) is 0 Å². The predicted molar refractivity (Wildman–Crippen MR) is 91.6 cm³/mol. The molecule has 1 saturated carbocycles. The van der Waals surface area contributed by atoms with Gasteiger partial charge in [-0.1, -0.05) is 12.1 Å². The zero-order valence-corrected chi connectivity index (χ0v) is 13.6. The quantitative estimate of drug-likeness (QED) is 0.671. The molecule has 0 atom stereocenters. The van der Waals surface area contributed by atoms with Crippen molar-refractivity contribution in [2.24, 2.45) is 0 Å². The van der Waals surface area contributed by atoms with Crippen LogP contribution in [0.2, 0.25) is 0 Å². The van der Waals surface area contributed by atoms with Gasteiger partial charge in [0.15, 0.2) is 0 Å². The van der Waals surface area contributed by atoms with Crippen molar-refractivity contribution in [2.75, 3.05) is 23.4 Å². The number of hydrogen-bond donors (Lipinski definition) is 3. The summed E-state index contributed by atoms with van der Waals surface area (Å²) in [5.74, 6) is 0.546. The number of nitrogens with zero attached hydrogens (tertiary/aromatic N) is 2. The second kappa shape index (κ2) is 6.87. The van der Waals surface area contributed by atoms with Crippen LogP contribution >= 0.6 is 11.8 Å². The number of carbonyl (C=O) groups is 1. The first kappa shape index (κ1) is 15.6. The van der Waals surface area contributed by atoms with Gasteiger partial charge >= 0.3 is 5.97 Å². The Morgan fingerprint density at radius 1 is 1.35 bits per heavy atom. The molecule has 1 heterocycles. The van der Waals surface area contributed by atoms with Gasteiger partial charge in [0.2, 0.25) is 5.95 Å². The maximum atomic E-state index is 10.7. The maximum absolute atomic E-state index is 10.7. The standard InChI is InChI=1S/C16H18N4O2S/c1-23-13-5-3-2-4-11(13)18-14-8-12(10-6-7-10)19-16(20-14)17-9-15(21)22/h2-5,8,10H,6-7,9H2,1H3,(H,21,22)(H2,17,18,19,20). The highest BCUT2D eigenvalue weighted by Crippen LogP contribution is 2.40. The average Bonchev–Trinajstić information content (AvgIpc) is 3.38. The fourth-order valence-corrected chi connectivity index (χ4v) is 2.79. The number of benzene rings is 1. The highest BCUT2D eigenvalue weighted by atomic mass is 32.2. The minimum atomic E-state index is -0.937. The number of rotatable bonds is 7. The Hall–Kier alpha value is -2.28. The minimum Gasteiger partial charge on any atom is -0.480 e. The molecule has 0 unspecified atom stereocenters. The Labute approximate surface area is 138 Å². The van der Waals surface area contributed by atoms with Gasteiger partial charge in [-0.25, -0.2) is 4.98 Å². The van der Waals surface area contributed by atoms with E-state index in [4.69, 9.17) is 5.11 Å². The number of carboxylic acids is 1. The number of para-hydroxylation sites is 1. The summed E-state index contributed by atoms with van der Waals surface area (Å²) in [6, 6.07) is 9.94. The molecular weight excluding hydrogens is 312 g/mol. The SMILES string of the molecule is CSc1ccccc1Nc1cc(C2CC2)nc(NCC(=O)O)n1. The minimum absolute atomic E-state index is 0.199. The molecule has 0 bridgehead atoms. The van der Waals surface area contributed by atoms with E-state index in [9.17, 15) is 4.79 Å². The predicted octanol–water partition coefficient (Wildman–Crippen LogP) is 3.32. The van der Waals surface area contributed by atoms with E-state index in [1.165, 1.54) is 0 Å². The van der Waals surface area contributed by atoms with Crippen LogP contribution in [0.4, 0.5) is 17.5 Å². The molecule has 0 radical (unpaired) electrons. The van der Waals surface area contributed by atoms with Crippen molar-refractivity contribution in [2.45, 2.75) is 23.7 Å². The average molecular weight is 330 g/mol. The highest BCUT2D eigenvalue weighted by molar-refractivity contribution is 7.98. The summed E-state index contributed by atoms with van der Waals surface area (Å²) < 4.78 is 0. The summed E-state index contributed by atoms with van der Waals surface area (Å²) in [5.41, 5.74) is 1.93. The van der Waals surface area contributed by atoms with Crippen LogP contribution in [0.1, 0.15) is 24.5 Å². The molecule has 1 aliphatic rings. The molecule has 0 aliphatic heterocycles. The van der Waals surface area contributed by atoms with Gasteiger partial charge in [-0.3, -0.25) is 4.79 Å². The van der Waals surface area contributed by atoms with Crippen molar-refractivity contribution >= 4 is 35.2 Å². The van der Waals surface area contributed by atoms with Crippen LogP contribution in [0, 0.1) is 0 Å². The lowest BCUT2D eigenvalue weighted by Crippen LogP contribution is -2.15. The van der Waals surface area contributed by atoms with Gasteiger partial charge in [0.25, 0.3) is 0 Å². The lowest BCUT2D eigenvalue weighted by Gasteiger charge is -2.12. The molecule has 3 rings (SSSR count). The monoisotopic (exact) mass is 330 g/mol. The molecule has 0 spiro atoms. The lowest BCUT2D eigenvalue weighted by molar-refractivity contribution is -0.134. The fraction of sp³-hybridized carbons (Fsp3) is 0.312.